The number of carbonyl (C=O) groups excluding carboxylic acids is 1. The van der Waals surface area contributed by atoms with E-state index in [9.17, 15) is 9.90 Å². The summed E-state index contributed by atoms with van der Waals surface area (Å²) in [4.78, 5) is 21.3. The zero-order chi connectivity index (χ0) is 19.8. The Bertz CT molecular complexity index is 1040. The van der Waals surface area contributed by atoms with Crippen LogP contribution in [0.4, 0.5) is 10.6 Å². The fraction of sp³-hybridized carbons (Fsp3) is 0.286. The second kappa shape index (κ2) is 7.31. The lowest BCUT2D eigenvalue weighted by Gasteiger charge is -2.33. The monoisotopic (exact) mass is 394 g/mol. The molecule has 6 nitrogen and oxygen atoms in total. The van der Waals surface area contributed by atoms with E-state index in [4.69, 9.17) is 0 Å². The van der Waals surface area contributed by atoms with E-state index in [-0.39, 0.29) is 12.1 Å². The summed E-state index contributed by atoms with van der Waals surface area (Å²) in [5, 5.41) is 12.8. The van der Waals surface area contributed by atoms with E-state index in [0.29, 0.717) is 17.1 Å². The normalized spacial score (nSPS) is 14.0. The quantitative estimate of drug-likeness (QED) is 0.555. The fourth-order valence-electron chi connectivity index (χ4n) is 3.34. The number of fused-ring (bicyclic) bond motifs is 1. The van der Waals surface area contributed by atoms with E-state index in [2.05, 4.69) is 28.1 Å². The number of urea groups is 1. The lowest BCUT2D eigenvalue weighted by molar-refractivity contribution is 0.208. The Balaban J connectivity index is 1.63. The number of rotatable bonds is 3. The van der Waals surface area contributed by atoms with Gasteiger partial charge in [-0.25, -0.2) is 9.78 Å². The molecule has 2 amide bonds. The van der Waals surface area contributed by atoms with Crippen molar-refractivity contribution in [1.29, 1.82) is 0 Å². The van der Waals surface area contributed by atoms with Crippen molar-refractivity contribution < 1.29 is 9.90 Å². The minimum Gasteiger partial charge on any atom is -0.507 e. The second-order valence-corrected chi connectivity index (χ2v) is 7.71. The topological polar surface area (TPSA) is 78.4 Å². The van der Waals surface area contributed by atoms with Gasteiger partial charge in [0, 0.05) is 6.04 Å². The summed E-state index contributed by atoms with van der Waals surface area (Å²) in [6, 6.07) is 9.60. The van der Waals surface area contributed by atoms with Gasteiger partial charge in [-0.2, -0.15) is 0 Å². The molecule has 144 valence electrons. The maximum atomic E-state index is 12.3. The molecule has 0 spiro atoms. The molecular weight excluding hydrogens is 372 g/mol. The molecule has 1 aromatic heterocycles. The van der Waals surface area contributed by atoms with Crippen LogP contribution in [-0.2, 0) is 0 Å². The number of aryl methyl sites for hydroxylation is 2. The standard InChI is InChI=1S/C21H22N4O2S/c1-12-8-15(9-13(2)20(12)26)14-6-7-17-18(10-14)23-19(11-22-17)24-21(27)25(28)16-4-3-5-16/h6-11,16,26,28H,3-5H2,1-2H3,(H,23,24,27). The molecule has 2 N–H and O–H groups in total. The minimum absolute atomic E-state index is 0.185. The van der Waals surface area contributed by atoms with Crippen LogP contribution in [0, 0.1) is 13.8 Å². The van der Waals surface area contributed by atoms with Gasteiger partial charge in [-0.05, 0) is 79.6 Å². The number of nitrogens with zero attached hydrogens (tertiary/aromatic N) is 3. The zero-order valence-corrected chi connectivity index (χ0v) is 16.7. The maximum absolute atomic E-state index is 12.3. The van der Waals surface area contributed by atoms with Gasteiger partial charge in [0.2, 0.25) is 0 Å². The van der Waals surface area contributed by atoms with Crippen LogP contribution >= 0.6 is 12.8 Å². The van der Waals surface area contributed by atoms with Gasteiger partial charge in [0.25, 0.3) is 0 Å². The van der Waals surface area contributed by atoms with Crippen LogP contribution < -0.4 is 5.32 Å². The van der Waals surface area contributed by atoms with Gasteiger partial charge < -0.3 is 5.11 Å². The summed E-state index contributed by atoms with van der Waals surface area (Å²) < 4.78 is 1.44. The second-order valence-electron chi connectivity index (χ2n) is 7.28. The number of thiol groups is 1. The molecule has 4 rings (SSSR count). The van der Waals surface area contributed by atoms with Gasteiger partial charge in [-0.3, -0.25) is 14.6 Å². The predicted octanol–water partition coefficient (Wildman–Crippen LogP) is 4.85. The summed E-state index contributed by atoms with van der Waals surface area (Å²) in [6.45, 7) is 3.76. The number of amides is 2. The minimum atomic E-state index is -0.289. The molecule has 0 aliphatic heterocycles. The molecule has 1 heterocycles. The summed E-state index contributed by atoms with van der Waals surface area (Å²) in [5.41, 5.74) is 5.06. The average molecular weight is 395 g/mol. The Hall–Kier alpha value is -2.80. The van der Waals surface area contributed by atoms with Crippen LogP contribution in [0.1, 0.15) is 30.4 Å². The van der Waals surface area contributed by atoms with Gasteiger partial charge in [0.15, 0.2) is 5.82 Å². The molecule has 0 unspecified atom stereocenters. The van der Waals surface area contributed by atoms with Crippen molar-refractivity contribution in [3.8, 4) is 16.9 Å². The molecule has 2 aromatic carbocycles. The third-order valence-corrected chi connectivity index (χ3v) is 5.74. The molecule has 0 atom stereocenters. The van der Waals surface area contributed by atoms with Gasteiger partial charge >= 0.3 is 6.03 Å². The summed E-state index contributed by atoms with van der Waals surface area (Å²) in [5.74, 6) is 0.711. The van der Waals surface area contributed by atoms with Crippen molar-refractivity contribution in [3.63, 3.8) is 0 Å². The molecule has 0 radical (unpaired) electrons. The highest BCUT2D eigenvalue weighted by Gasteiger charge is 2.26. The van der Waals surface area contributed by atoms with Gasteiger partial charge in [-0.1, -0.05) is 18.9 Å². The lowest BCUT2D eigenvalue weighted by Crippen LogP contribution is -2.40. The number of aromatic hydroxyl groups is 1. The summed E-state index contributed by atoms with van der Waals surface area (Å²) >= 11 is 4.30. The van der Waals surface area contributed by atoms with Crippen molar-refractivity contribution in [2.24, 2.45) is 0 Å². The van der Waals surface area contributed by atoms with Crippen LogP contribution in [0.2, 0.25) is 0 Å². The van der Waals surface area contributed by atoms with Crippen molar-refractivity contribution in [2.45, 2.75) is 39.2 Å². The molecule has 28 heavy (non-hydrogen) atoms. The number of anilines is 1. The van der Waals surface area contributed by atoms with E-state index < -0.39 is 0 Å². The van der Waals surface area contributed by atoms with E-state index in [1.807, 2.05) is 44.2 Å². The highest BCUT2D eigenvalue weighted by molar-refractivity contribution is 7.78. The van der Waals surface area contributed by atoms with E-state index in [0.717, 1.165) is 47.0 Å². The number of benzene rings is 2. The van der Waals surface area contributed by atoms with Crippen LogP contribution in [-0.4, -0.2) is 31.5 Å². The first kappa shape index (κ1) is 18.6. The Morgan fingerprint density at radius 1 is 1.14 bits per heavy atom. The van der Waals surface area contributed by atoms with Crippen molar-refractivity contribution >= 4 is 35.7 Å². The highest BCUT2D eigenvalue weighted by atomic mass is 32.1. The number of aromatic nitrogens is 2. The molecule has 1 aliphatic rings. The molecule has 0 saturated heterocycles. The predicted molar refractivity (Wildman–Crippen MR) is 114 cm³/mol. The third kappa shape index (κ3) is 3.49. The van der Waals surface area contributed by atoms with E-state index in [1.165, 1.54) is 4.31 Å². The molecule has 3 aromatic rings. The first-order chi connectivity index (χ1) is 13.4. The third-order valence-electron chi connectivity index (χ3n) is 5.23. The highest BCUT2D eigenvalue weighted by Crippen LogP contribution is 2.31. The van der Waals surface area contributed by atoms with Crippen molar-refractivity contribution in [3.05, 3.63) is 47.7 Å². The number of hydrogen-bond acceptors (Lipinski definition) is 5. The van der Waals surface area contributed by atoms with Gasteiger partial charge in [0.1, 0.15) is 5.75 Å². The number of phenols is 1. The number of phenolic OH excluding ortho intramolecular Hbond substituents is 1. The largest absolute Gasteiger partial charge is 0.507 e. The zero-order valence-electron chi connectivity index (χ0n) is 15.8. The van der Waals surface area contributed by atoms with Crippen molar-refractivity contribution in [2.75, 3.05) is 5.32 Å². The molecule has 7 heteroatoms. The SMILES string of the molecule is Cc1cc(-c2ccc3ncc(NC(=O)N(S)C4CCC4)nc3c2)cc(C)c1O. The smallest absolute Gasteiger partial charge is 0.333 e. The number of nitrogens with one attached hydrogen (secondary N) is 1. The summed E-state index contributed by atoms with van der Waals surface area (Å²) in [6.07, 6.45) is 4.64. The van der Waals surface area contributed by atoms with E-state index >= 15 is 0 Å². The Morgan fingerprint density at radius 2 is 1.86 bits per heavy atom. The average Bonchev–Trinajstić information content (AvgIpc) is 2.63. The van der Waals surface area contributed by atoms with Gasteiger partial charge in [0.05, 0.1) is 17.2 Å². The van der Waals surface area contributed by atoms with Crippen LogP contribution in [0.3, 0.4) is 0 Å². The van der Waals surface area contributed by atoms with Gasteiger partial charge in [-0.15, -0.1) is 0 Å². The Kier molecular flexibility index (Phi) is 4.85. The molecule has 1 fully saturated rings. The molecule has 1 saturated carbocycles. The lowest BCUT2D eigenvalue weighted by atomic mass is 9.93. The first-order valence-corrected chi connectivity index (χ1v) is 9.69. The van der Waals surface area contributed by atoms with Crippen LogP contribution in [0.15, 0.2) is 36.5 Å². The Morgan fingerprint density at radius 3 is 2.50 bits per heavy atom. The Labute approximate surface area is 169 Å². The molecule has 1 aliphatic carbocycles. The maximum Gasteiger partial charge on any atom is 0.333 e. The fourth-order valence-corrected chi connectivity index (χ4v) is 3.62. The summed E-state index contributed by atoms with van der Waals surface area (Å²) in [7, 11) is 0. The number of hydrogen-bond donors (Lipinski definition) is 3. The van der Waals surface area contributed by atoms with Crippen LogP contribution in [0.5, 0.6) is 5.75 Å². The van der Waals surface area contributed by atoms with Crippen LogP contribution in [0.25, 0.3) is 22.2 Å². The first-order valence-electron chi connectivity index (χ1n) is 9.29. The molecular formula is C21H22N4O2S. The number of carbonyl (C=O) groups is 1. The molecule has 0 bridgehead atoms. The van der Waals surface area contributed by atoms with Crippen molar-refractivity contribution in [1.82, 2.24) is 14.3 Å². The van der Waals surface area contributed by atoms with E-state index in [1.54, 1.807) is 6.20 Å².